The molecule has 0 spiro atoms. The molecule has 0 aliphatic rings. The molecule has 0 amide bonds. The summed E-state index contributed by atoms with van der Waals surface area (Å²) in [6.45, 7) is 4.42. The Balaban J connectivity index is 2.77. The van der Waals surface area contributed by atoms with Gasteiger partial charge in [-0.3, -0.25) is 10.1 Å². The summed E-state index contributed by atoms with van der Waals surface area (Å²) in [5.74, 6) is 0. The molecular weight excluding hydrogens is 194 g/mol. The van der Waals surface area contributed by atoms with E-state index < -0.39 is 4.92 Å². The van der Waals surface area contributed by atoms with Gasteiger partial charge in [-0.1, -0.05) is 0 Å². The van der Waals surface area contributed by atoms with Gasteiger partial charge in [-0.2, -0.15) is 0 Å². The van der Waals surface area contributed by atoms with E-state index in [9.17, 15) is 10.1 Å². The van der Waals surface area contributed by atoms with Crippen molar-refractivity contribution in [2.45, 2.75) is 19.4 Å². The van der Waals surface area contributed by atoms with Crippen LogP contribution < -0.4 is 11.1 Å². The normalized spacial score (nSPS) is 11.1. The molecule has 0 saturated heterocycles. The molecule has 5 nitrogen and oxygen atoms in total. The maximum absolute atomic E-state index is 10.4. The van der Waals surface area contributed by atoms with E-state index in [2.05, 4.69) is 5.32 Å². The smallest absolute Gasteiger partial charge is 0.269 e. The van der Waals surface area contributed by atoms with E-state index in [4.69, 9.17) is 5.73 Å². The summed E-state index contributed by atoms with van der Waals surface area (Å²) in [6, 6.07) is 6.29. The quantitative estimate of drug-likeness (QED) is 0.584. The standard InChI is InChI=1S/C10H15N3O2/c1-10(2,7-11)12-8-3-5-9(6-4-8)13(14)15/h3-6,12H,7,11H2,1-2H3. The molecule has 0 fully saturated rings. The number of nitrogens with zero attached hydrogens (tertiary/aromatic N) is 1. The Kier molecular flexibility index (Phi) is 3.26. The van der Waals surface area contributed by atoms with Crippen molar-refractivity contribution in [3.63, 3.8) is 0 Å². The number of rotatable bonds is 4. The minimum absolute atomic E-state index is 0.0890. The lowest BCUT2D eigenvalue weighted by Crippen LogP contribution is -2.39. The zero-order valence-electron chi connectivity index (χ0n) is 8.86. The number of nitrogens with one attached hydrogen (secondary N) is 1. The number of nitrogens with two attached hydrogens (primary N) is 1. The molecule has 1 aromatic carbocycles. The van der Waals surface area contributed by atoms with E-state index in [1.807, 2.05) is 13.8 Å². The van der Waals surface area contributed by atoms with Gasteiger partial charge in [-0.05, 0) is 26.0 Å². The molecule has 0 heterocycles. The van der Waals surface area contributed by atoms with Crippen LogP contribution >= 0.6 is 0 Å². The molecular formula is C10H15N3O2. The number of nitro benzene ring substituents is 1. The Bertz CT molecular complexity index is 346. The fourth-order valence-corrected chi connectivity index (χ4v) is 1.11. The molecule has 5 heteroatoms. The zero-order chi connectivity index (χ0) is 11.5. The fraction of sp³-hybridized carbons (Fsp3) is 0.400. The molecule has 0 bridgehead atoms. The van der Waals surface area contributed by atoms with Crippen molar-refractivity contribution in [3.05, 3.63) is 34.4 Å². The van der Waals surface area contributed by atoms with Crippen LogP contribution in [-0.2, 0) is 0 Å². The third-order valence-electron chi connectivity index (χ3n) is 2.07. The van der Waals surface area contributed by atoms with Crippen molar-refractivity contribution in [3.8, 4) is 0 Å². The van der Waals surface area contributed by atoms with Crippen molar-refractivity contribution in [1.29, 1.82) is 0 Å². The van der Waals surface area contributed by atoms with E-state index in [1.165, 1.54) is 12.1 Å². The van der Waals surface area contributed by atoms with E-state index in [0.717, 1.165) is 5.69 Å². The van der Waals surface area contributed by atoms with Gasteiger partial charge in [-0.25, -0.2) is 0 Å². The molecule has 0 saturated carbocycles. The molecule has 3 N–H and O–H groups in total. The summed E-state index contributed by atoms with van der Waals surface area (Å²) >= 11 is 0. The fourth-order valence-electron chi connectivity index (χ4n) is 1.11. The van der Waals surface area contributed by atoms with Crippen molar-refractivity contribution in [2.24, 2.45) is 5.73 Å². The maximum Gasteiger partial charge on any atom is 0.269 e. The van der Waals surface area contributed by atoms with Crippen LogP contribution in [0.4, 0.5) is 11.4 Å². The molecule has 0 aliphatic heterocycles. The summed E-state index contributed by atoms with van der Waals surface area (Å²) in [7, 11) is 0. The Morgan fingerprint density at radius 1 is 1.40 bits per heavy atom. The van der Waals surface area contributed by atoms with E-state index >= 15 is 0 Å². The van der Waals surface area contributed by atoms with Gasteiger partial charge in [0.05, 0.1) is 4.92 Å². The van der Waals surface area contributed by atoms with Crippen LogP contribution in [0.2, 0.25) is 0 Å². The van der Waals surface area contributed by atoms with Crippen LogP contribution in [0, 0.1) is 10.1 Å². The van der Waals surface area contributed by atoms with Crippen LogP contribution in [0.15, 0.2) is 24.3 Å². The Labute approximate surface area is 88.4 Å². The van der Waals surface area contributed by atoms with Gasteiger partial charge in [0.25, 0.3) is 5.69 Å². The molecule has 15 heavy (non-hydrogen) atoms. The number of anilines is 1. The van der Waals surface area contributed by atoms with E-state index in [-0.39, 0.29) is 11.2 Å². The number of non-ortho nitro benzene ring substituents is 1. The minimum Gasteiger partial charge on any atom is -0.379 e. The number of hydrogen-bond donors (Lipinski definition) is 2. The first-order valence-corrected chi connectivity index (χ1v) is 4.67. The third-order valence-corrected chi connectivity index (χ3v) is 2.07. The maximum atomic E-state index is 10.4. The summed E-state index contributed by atoms with van der Waals surface area (Å²) < 4.78 is 0. The van der Waals surface area contributed by atoms with Gasteiger partial charge < -0.3 is 11.1 Å². The topological polar surface area (TPSA) is 81.2 Å². The summed E-state index contributed by atoms with van der Waals surface area (Å²) in [5, 5.41) is 13.6. The average molecular weight is 209 g/mol. The number of hydrogen-bond acceptors (Lipinski definition) is 4. The molecule has 1 rings (SSSR count). The van der Waals surface area contributed by atoms with Gasteiger partial charge in [0.15, 0.2) is 0 Å². The van der Waals surface area contributed by atoms with Gasteiger partial charge in [0.2, 0.25) is 0 Å². The van der Waals surface area contributed by atoms with Gasteiger partial charge in [0, 0.05) is 29.9 Å². The Morgan fingerprint density at radius 2 is 1.93 bits per heavy atom. The van der Waals surface area contributed by atoms with Crippen molar-refractivity contribution >= 4 is 11.4 Å². The van der Waals surface area contributed by atoms with Crippen molar-refractivity contribution < 1.29 is 4.92 Å². The minimum atomic E-state index is -0.419. The van der Waals surface area contributed by atoms with E-state index in [0.29, 0.717) is 6.54 Å². The molecule has 82 valence electrons. The van der Waals surface area contributed by atoms with Gasteiger partial charge in [-0.15, -0.1) is 0 Å². The lowest BCUT2D eigenvalue weighted by Gasteiger charge is -2.25. The van der Waals surface area contributed by atoms with Crippen LogP contribution in [0.1, 0.15) is 13.8 Å². The largest absolute Gasteiger partial charge is 0.379 e. The second-order valence-electron chi connectivity index (χ2n) is 4.02. The first kappa shape index (κ1) is 11.5. The highest BCUT2D eigenvalue weighted by molar-refractivity contribution is 5.50. The molecule has 0 aromatic heterocycles. The number of nitro groups is 1. The first-order chi connectivity index (χ1) is 6.94. The van der Waals surface area contributed by atoms with Crippen molar-refractivity contribution in [2.75, 3.05) is 11.9 Å². The average Bonchev–Trinajstić information content (AvgIpc) is 2.18. The Hall–Kier alpha value is -1.62. The van der Waals surface area contributed by atoms with Crippen molar-refractivity contribution in [1.82, 2.24) is 0 Å². The second-order valence-corrected chi connectivity index (χ2v) is 4.02. The highest BCUT2D eigenvalue weighted by Gasteiger charge is 2.14. The first-order valence-electron chi connectivity index (χ1n) is 4.67. The molecule has 0 unspecified atom stereocenters. The molecule has 1 aromatic rings. The van der Waals surface area contributed by atoms with Crippen LogP contribution in [0.3, 0.4) is 0 Å². The zero-order valence-corrected chi connectivity index (χ0v) is 8.86. The predicted molar refractivity (Wildman–Crippen MR) is 59.9 cm³/mol. The second kappa shape index (κ2) is 4.27. The molecule has 0 radical (unpaired) electrons. The van der Waals surface area contributed by atoms with Crippen LogP contribution in [0.25, 0.3) is 0 Å². The lowest BCUT2D eigenvalue weighted by molar-refractivity contribution is -0.384. The van der Waals surface area contributed by atoms with E-state index in [1.54, 1.807) is 12.1 Å². The summed E-state index contributed by atoms with van der Waals surface area (Å²) in [6.07, 6.45) is 0. The lowest BCUT2D eigenvalue weighted by atomic mass is 10.1. The monoisotopic (exact) mass is 209 g/mol. The highest BCUT2D eigenvalue weighted by atomic mass is 16.6. The SMILES string of the molecule is CC(C)(CN)Nc1ccc([N+](=O)[O-])cc1. The highest BCUT2D eigenvalue weighted by Crippen LogP contribution is 2.18. The predicted octanol–water partition coefficient (Wildman–Crippen LogP) is 1.74. The summed E-state index contributed by atoms with van der Waals surface area (Å²) in [5.41, 5.74) is 6.27. The molecule has 0 atom stereocenters. The van der Waals surface area contributed by atoms with Crippen LogP contribution in [-0.4, -0.2) is 17.0 Å². The number of benzene rings is 1. The third kappa shape index (κ3) is 3.21. The Morgan fingerprint density at radius 3 is 2.33 bits per heavy atom. The van der Waals surface area contributed by atoms with Gasteiger partial charge >= 0.3 is 0 Å². The van der Waals surface area contributed by atoms with Crippen LogP contribution in [0.5, 0.6) is 0 Å². The molecule has 0 aliphatic carbocycles. The summed E-state index contributed by atoms with van der Waals surface area (Å²) in [4.78, 5) is 10.00. The van der Waals surface area contributed by atoms with Gasteiger partial charge in [0.1, 0.15) is 0 Å².